The van der Waals surface area contributed by atoms with Crippen molar-refractivity contribution in [1.29, 1.82) is 0 Å². The molecular formula is C12H21N5O. The first kappa shape index (κ1) is 14.4. The summed E-state index contributed by atoms with van der Waals surface area (Å²) >= 11 is 0. The topological polar surface area (TPSA) is 71.1 Å². The number of nitrogens with one attached hydrogen (secondary N) is 3. The summed E-state index contributed by atoms with van der Waals surface area (Å²) in [7, 11) is 1.71. The summed E-state index contributed by atoms with van der Waals surface area (Å²) in [5.74, 6) is 1.56. The Kier molecular flexibility index (Phi) is 6.75. The first-order valence-corrected chi connectivity index (χ1v) is 6.04. The molecule has 6 nitrogen and oxygen atoms in total. The van der Waals surface area contributed by atoms with E-state index >= 15 is 0 Å². The highest BCUT2D eigenvalue weighted by atomic mass is 16.6. The first-order valence-electron chi connectivity index (χ1n) is 6.04. The Hall–Kier alpha value is -1.66. The fraction of sp³-hybridized carbons (Fsp3) is 0.500. The van der Waals surface area contributed by atoms with Crippen LogP contribution < -0.4 is 16.1 Å². The Morgan fingerprint density at radius 3 is 2.94 bits per heavy atom. The van der Waals surface area contributed by atoms with Gasteiger partial charge in [0, 0.05) is 32.3 Å². The summed E-state index contributed by atoms with van der Waals surface area (Å²) < 4.78 is 0. The number of likely N-dealkylation sites (N-methyl/N-ethyl adjacent to an activating group) is 1. The van der Waals surface area contributed by atoms with Crippen LogP contribution in [-0.4, -0.2) is 36.6 Å². The third-order valence-electron chi connectivity index (χ3n) is 2.16. The highest BCUT2D eigenvalue weighted by Gasteiger charge is 1.97. The molecule has 1 heterocycles. The van der Waals surface area contributed by atoms with Gasteiger partial charge in [-0.25, -0.2) is 9.97 Å². The number of anilines is 1. The number of aromatic nitrogens is 2. The fourth-order valence-electron chi connectivity index (χ4n) is 1.40. The molecule has 1 aromatic rings. The summed E-state index contributed by atoms with van der Waals surface area (Å²) in [6, 6.07) is 1.88. The van der Waals surface area contributed by atoms with Gasteiger partial charge in [-0.05, 0) is 13.5 Å². The molecule has 6 heteroatoms. The quantitative estimate of drug-likeness (QED) is 0.364. The van der Waals surface area contributed by atoms with E-state index in [2.05, 4.69) is 33.0 Å². The summed E-state index contributed by atoms with van der Waals surface area (Å²) in [6.45, 7) is 6.66. The van der Waals surface area contributed by atoms with Gasteiger partial charge in [0.1, 0.15) is 17.9 Å². The molecule has 100 valence electrons. The number of hydroxylamine groups is 1. The molecule has 0 aliphatic heterocycles. The van der Waals surface area contributed by atoms with Gasteiger partial charge in [0.2, 0.25) is 0 Å². The molecule has 1 aromatic heterocycles. The lowest BCUT2D eigenvalue weighted by Gasteiger charge is -2.06. The Balaban J connectivity index is 2.53. The largest absolute Gasteiger partial charge is 0.414 e. The van der Waals surface area contributed by atoms with Gasteiger partial charge in [-0.3, -0.25) is 0 Å². The highest BCUT2D eigenvalue weighted by molar-refractivity contribution is 5.51. The van der Waals surface area contributed by atoms with E-state index in [0.717, 1.165) is 36.9 Å². The van der Waals surface area contributed by atoms with Crippen LogP contribution in [0, 0.1) is 0 Å². The van der Waals surface area contributed by atoms with E-state index in [0.29, 0.717) is 0 Å². The lowest BCUT2D eigenvalue weighted by atomic mass is 10.3. The minimum atomic E-state index is 0.745. The van der Waals surface area contributed by atoms with Gasteiger partial charge in [0.25, 0.3) is 0 Å². The Morgan fingerprint density at radius 1 is 1.39 bits per heavy atom. The monoisotopic (exact) mass is 251 g/mol. The summed E-state index contributed by atoms with van der Waals surface area (Å²) in [5, 5.41) is 6.46. The number of hydrogen-bond acceptors (Lipinski definition) is 6. The van der Waals surface area contributed by atoms with E-state index in [-0.39, 0.29) is 0 Å². The van der Waals surface area contributed by atoms with Crippen LogP contribution in [0.1, 0.15) is 19.5 Å². The molecular weight excluding hydrogens is 230 g/mol. The highest BCUT2D eigenvalue weighted by Crippen LogP contribution is 2.07. The van der Waals surface area contributed by atoms with Gasteiger partial charge in [-0.2, -0.15) is 5.48 Å². The molecule has 1 rings (SSSR count). The van der Waals surface area contributed by atoms with Crippen molar-refractivity contribution in [2.24, 2.45) is 0 Å². The smallest absolute Gasteiger partial charge is 0.129 e. The Bertz CT molecular complexity index is 380. The van der Waals surface area contributed by atoms with Crippen LogP contribution in [0.3, 0.4) is 0 Å². The van der Waals surface area contributed by atoms with Crippen LogP contribution in [0.25, 0.3) is 6.08 Å². The first-order chi connectivity index (χ1) is 8.76. The van der Waals surface area contributed by atoms with Gasteiger partial charge >= 0.3 is 0 Å². The average molecular weight is 251 g/mol. The minimum absolute atomic E-state index is 0.745. The normalized spacial score (nSPS) is 11.4. The molecule has 0 fully saturated rings. The standard InChI is InChI=1S/C12H21N5O/c1-4-14-5-6-15-12-8-11(16-9-17-12)7-10(2)18-13-3/h7-9,13-14H,4-6H2,1-3H3,(H,15,16,17)/b10-7+. The summed E-state index contributed by atoms with van der Waals surface area (Å²) in [5.41, 5.74) is 3.42. The van der Waals surface area contributed by atoms with Crippen molar-refractivity contribution in [2.45, 2.75) is 13.8 Å². The van der Waals surface area contributed by atoms with E-state index in [1.165, 1.54) is 6.33 Å². The molecule has 18 heavy (non-hydrogen) atoms. The Morgan fingerprint density at radius 2 is 2.22 bits per heavy atom. The number of hydrogen-bond donors (Lipinski definition) is 3. The molecule has 0 aliphatic rings. The SMILES string of the molecule is CCNCCNc1cc(/C=C(\C)ONC)ncn1. The van der Waals surface area contributed by atoms with E-state index in [4.69, 9.17) is 4.84 Å². The fourth-order valence-corrected chi connectivity index (χ4v) is 1.40. The number of allylic oxidation sites excluding steroid dienone is 1. The van der Waals surface area contributed by atoms with Crippen LogP contribution in [-0.2, 0) is 4.84 Å². The molecule has 0 aliphatic carbocycles. The third kappa shape index (κ3) is 5.60. The lowest BCUT2D eigenvalue weighted by molar-refractivity contribution is 0.131. The molecule has 0 aromatic carbocycles. The van der Waals surface area contributed by atoms with Crippen molar-refractivity contribution in [3.63, 3.8) is 0 Å². The van der Waals surface area contributed by atoms with E-state index in [1.54, 1.807) is 7.05 Å². The maximum Gasteiger partial charge on any atom is 0.129 e. The molecule has 0 saturated heterocycles. The van der Waals surface area contributed by atoms with Gasteiger partial charge in [-0.15, -0.1) is 0 Å². The van der Waals surface area contributed by atoms with Gasteiger partial charge in [0.15, 0.2) is 0 Å². The zero-order valence-electron chi connectivity index (χ0n) is 11.2. The van der Waals surface area contributed by atoms with Crippen molar-refractivity contribution in [1.82, 2.24) is 20.8 Å². The molecule has 3 N–H and O–H groups in total. The second-order valence-electron chi connectivity index (χ2n) is 3.67. The maximum absolute atomic E-state index is 5.12. The number of rotatable bonds is 8. The zero-order chi connectivity index (χ0) is 13.2. The van der Waals surface area contributed by atoms with Crippen molar-refractivity contribution < 1.29 is 4.84 Å². The van der Waals surface area contributed by atoms with E-state index in [1.807, 2.05) is 19.1 Å². The molecule has 0 unspecified atom stereocenters. The third-order valence-corrected chi connectivity index (χ3v) is 2.16. The molecule has 0 saturated carbocycles. The van der Waals surface area contributed by atoms with Crippen molar-refractivity contribution in [3.05, 3.63) is 23.8 Å². The Labute approximate surface area is 108 Å². The van der Waals surface area contributed by atoms with Crippen molar-refractivity contribution in [3.8, 4) is 0 Å². The predicted molar refractivity (Wildman–Crippen MR) is 72.9 cm³/mol. The molecule has 0 atom stereocenters. The second-order valence-corrected chi connectivity index (χ2v) is 3.67. The van der Waals surface area contributed by atoms with Crippen LogP contribution in [0.15, 0.2) is 18.2 Å². The predicted octanol–water partition coefficient (Wildman–Crippen LogP) is 1.01. The lowest BCUT2D eigenvalue weighted by Crippen LogP contribution is -2.21. The van der Waals surface area contributed by atoms with Gasteiger partial charge in [-0.1, -0.05) is 6.92 Å². The summed E-state index contributed by atoms with van der Waals surface area (Å²) in [6.07, 6.45) is 3.38. The second kappa shape index (κ2) is 8.43. The van der Waals surface area contributed by atoms with Gasteiger partial charge in [0.05, 0.1) is 5.69 Å². The van der Waals surface area contributed by atoms with Crippen molar-refractivity contribution in [2.75, 3.05) is 32.0 Å². The molecule has 0 amide bonds. The summed E-state index contributed by atoms with van der Waals surface area (Å²) in [4.78, 5) is 13.4. The maximum atomic E-state index is 5.12. The average Bonchev–Trinajstić information content (AvgIpc) is 2.35. The molecule has 0 bridgehead atoms. The molecule has 0 spiro atoms. The minimum Gasteiger partial charge on any atom is -0.414 e. The van der Waals surface area contributed by atoms with Crippen LogP contribution in [0.4, 0.5) is 5.82 Å². The zero-order valence-corrected chi connectivity index (χ0v) is 11.2. The van der Waals surface area contributed by atoms with Gasteiger partial charge < -0.3 is 15.5 Å². The van der Waals surface area contributed by atoms with Crippen LogP contribution >= 0.6 is 0 Å². The van der Waals surface area contributed by atoms with E-state index in [9.17, 15) is 0 Å². The molecule has 0 radical (unpaired) electrons. The van der Waals surface area contributed by atoms with E-state index < -0.39 is 0 Å². The number of nitrogens with zero attached hydrogens (tertiary/aromatic N) is 2. The van der Waals surface area contributed by atoms with Crippen molar-refractivity contribution >= 4 is 11.9 Å². The van der Waals surface area contributed by atoms with Crippen LogP contribution in [0.2, 0.25) is 0 Å². The van der Waals surface area contributed by atoms with Crippen LogP contribution in [0.5, 0.6) is 0 Å².